The average molecular weight is 388 g/mol. The average Bonchev–Trinajstić information content (AvgIpc) is 3.41. The third-order valence-corrected chi connectivity index (χ3v) is 5.24. The molecule has 0 spiro atoms. The molecule has 1 unspecified atom stereocenters. The molecule has 6 heteroatoms. The van der Waals surface area contributed by atoms with Gasteiger partial charge in [-0.05, 0) is 31.0 Å². The van der Waals surface area contributed by atoms with Crippen molar-refractivity contribution in [3.05, 3.63) is 72.4 Å². The number of nitrogens with zero attached hydrogens (tertiary/aromatic N) is 4. The van der Waals surface area contributed by atoms with Gasteiger partial charge >= 0.3 is 0 Å². The molecule has 4 rings (SSSR count). The maximum Gasteiger partial charge on any atom is 0.273 e. The third-order valence-electron chi connectivity index (χ3n) is 5.24. The first kappa shape index (κ1) is 18.9. The largest absolute Gasteiger partial charge is 0.347 e. The summed E-state index contributed by atoms with van der Waals surface area (Å²) in [6, 6.07) is 20.8. The van der Waals surface area contributed by atoms with E-state index in [9.17, 15) is 9.59 Å². The van der Waals surface area contributed by atoms with Crippen LogP contribution in [-0.4, -0.2) is 58.1 Å². The zero-order chi connectivity index (χ0) is 20.4. The molecule has 3 aromatic rings. The van der Waals surface area contributed by atoms with E-state index in [4.69, 9.17) is 5.10 Å². The minimum Gasteiger partial charge on any atom is -0.347 e. The van der Waals surface area contributed by atoms with Crippen LogP contribution >= 0.6 is 0 Å². The Labute approximate surface area is 170 Å². The Balaban J connectivity index is 1.77. The van der Waals surface area contributed by atoms with Crippen molar-refractivity contribution in [1.82, 2.24) is 19.6 Å². The maximum absolute atomic E-state index is 13.5. The van der Waals surface area contributed by atoms with Gasteiger partial charge in [0.05, 0.1) is 11.4 Å². The molecule has 1 aliphatic rings. The fourth-order valence-electron chi connectivity index (χ4n) is 3.76. The molecule has 2 amide bonds. The van der Waals surface area contributed by atoms with Gasteiger partial charge in [0.15, 0.2) is 0 Å². The molecule has 29 heavy (non-hydrogen) atoms. The topological polar surface area (TPSA) is 58.4 Å². The zero-order valence-corrected chi connectivity index (χ0v) is 16.7. The Kier molecular flexibility index (Phi) is 5.16. The van der Waals surface area contributed by atoms with E-state index in [1.165, 1.54) is 0 Å². The highest BCUT2D eigenvalue weighted by molar-refractivity contribution is 5.98. The minimum absolute atomic E-state index is 0.0371. The number of carbonyl (C=O) groups is 2. The Bertz CT molecular complexity index is 1010. The monoisotopic (exact) mass is 388 g/mol. The third kappa shape index (κ3) is 3.66. The van der Waals surface area contributed by atoms with Crippen LogP contribution in [0.4, 0.5) is 0 Å². The van der Waals surface area contributed by atoms with Crippen LogP contribution in [0.25, 0.3) is 16.9 Å². The van der Waals surface area contributed by atoms with Crippen LogP contribution in [0.15, 0.2) is 66.7 Å². The van der Waals surface area contributed by atoms with Gasteiger partial charge in [-0.3, -0.25) is 9.59 Å². The van der Waals surface area contributed by atoms with Crippen molar-refractivity contribution in [2.45, 2.75) is 18.9 Å². The predicted octanol–water partition coefficient (Wildman–Crippen LogP) is 3.23. The smallest absolute Gasteiger partial charge is 0.273 e. The van der Waals surface area contributed by atoms with E-state index in [1.807, 2.05) is 66.7 Å². The molecular formula is C23H24N4O2. The number of aromatic nitrogens is 2. The minimum atomic E-state index is -0.420. The van der Waals surface area contributed by atoms with E-state index in [-0.39, 0.29) is 11.8 Å². The lowest BCUT2D eigenvalue weighted by Gasteiger charge is -2.26. The molecule has 0 radical (unpaired) electrons. The van der Waals surface area contributed by atoms with Crippen molar-refractivity contribution in [3.8, 4) is 16.9 Å². The number of benzene rings is 2. The van der Waals surface area contributed by atoms with E-state index in [2.05, 4.69) is 0 Å². The molecule has 0 saturated carbocycles. The number of hydrogen-bond acceptors (Lipinski definition) is 3. The molecule has 1 fully saturated rings. The lowest BCUT2D eigenvalue weighted by Crippen LogP contribution is -2.45. The molecule has 2 heterocycles. The molecule has 148 valence electrons. The number of amides is 2. The van der Waals surface area contributed by atoms with Gasteiger partial charge in [-0.2, -0.15) is 5.10 Å². The van der Waals surface area contributed by atoms with Crippen LogP contribution in [0.3, 0.4) is 0 Å². The van der Waals surface area contributed by atoms with Crippen molar-refractivity contribution >= 4 is 11.8 Å². The Morgan fingerprint density at radius 2 is 1.66 bits per heavy atom. The van der Waals surface area contributed by atoms with Gasteiger partial charge in [0.25, 0.3) is 5.91 Å². The number of hydrogen-bond donors (Lipinski definition) is 0. The second kappa shape index (κ2) is 7.91. The molecular weight excluding hydrogens is 364 g/mol. The molecule has 2 aromatic carbocycles. The van der Waals surface area contributed by atoms with Gasteiger partial charge in [-0.1, -0.05) is 48.5 Å². The predicted molar refractivity (Wildman–Crippen MR) is 112 cm³/mol. The molecule has 1 saturated heterocycles. The lowest BCUT2D eigenvalue weighted by molar-refractivity contribution is -0.132. The van der Waals surface area contributed by atoms with Crippen LogP contribution in [0.2, 0.25) is 0 Å². The molecule has 6 nitrogen and oxygen atoms in total. The molecule has 0 bridgehead atoms. The van der Waals surface area contributed by atoms with Crippen LogP contribution in [0.1, 0.15) is 23.3 Å². The summed E-state index contributed by atoms with van der Waals surface area (Å²) in [5.41, 5.74) is 2.95. The summed E-state index contributed by atoms with van der Waals surface area (Å²) in [7, 11) is 3.45. The van der Waals surface area contributed by atoms with E-state index in [1.54, 1.807) is 28.6 Å². The second-order valence-electron chi connectivity index (χ2n) is 7.42. The summed E-state index contributed by atoms with van der Waals surface area (Å²) in [6.45, 7) is 0.573. The normalized spacial score (nSPS) is 16.1. The van der Waals surface area contributed by atoms with Crippen molar-refractivity contribution in [2.75, 3.05) is 20.6 Å². The van der Waals surface area contributed by atoms with Crippen molar-refractivity contribution in [2.24, 2.45) is 0 Å². The highest BCUT2D eigenvalue weighted by atomic mass is 16.2. The van der Waals surface area contributed by atoms with E-state index < -0.39 is 6.04 Å². The van der Waals surface area contributed by atoms with Gasteiger partial charge < -0.3 is 9.80 Å². The summed E-state index contributed by atoms with van der Waals surface area (Å²) in [4.78, 5) is 29.3. The maximum atomic E-state index is 13.5. The van der Waals surface area contributed by atoms with E-state index in [0.29, 0.717) is 18.7 Å². The number of likely N-dealkylation sites (N-methyl/N-ethyl adjacent to an activating group) is 1. The second-order valence-corrected chi connectivity index (χ2v) is 7.42. The molecule has 0 N–H and O–H groups in total. The van der Waals surface area contributed by atoms with Gasteiger partial charge in [0.1, 0.15) is 11.7 Å². The van der Waals surface area contributed by atoms with Crippen LogP contribution in [-0.2, 0) is 4.79 Å². The fourth-order valence-corrected chi connectivity index (χ4v) is 3.76. The Hall–Kier alpha value is -3.41. The first-order valence-electron chi connectivity index (χ1n) is 9.79. The van der Waals surface area contributed by atoms with Crippen molar-refractivity contribution in [1.29, 1.82) is 0 Å². The van der Waals surface area contributed by atoms with E-state index >= 15 is 0 Å². The SMILES string of the molecule is CN(C)C(=O)C1CCCN1C(=O)c1cc(-c2ccccc2)nn1-c1ccccc1. The quantitative estimate of drug-likeness (QED) is 0.689. The summed E-state index contributed by atoms with van der Waals surface area (Å²) < 4.78 is 1.68. The van der Waals surface area contributed by atoms with Gasteiger partial charge in [0, 0.05) is 26.2 Å². The Morgan fingerprint density at radius 1 is 1.00 bits per heavy atom. The van der Waals surface area contributed by atoms with Crippen LogP contribution in [0, 0.1) is 0 Å². The van der Waals surface area contributed by atoms with E-state index in [0.717, 1.165) is 23.4 Å². The summed E-state index contributed by atoms with van der Waals surface area (Å²) in [5.74, 6) is -0.203. The fraction of sp³-hybridized carbons (Fsp3) is 0.261. The standard InChI is InChI=1S/C23H24N4O2/c1-25(2)22(28)20-14-9-15-26(20)23(29)21-16-19(17-10-5-3-6-11-17)24-27(21)18-12-7-4-8-13-18/h3-8,10-13,16,20H,9,14-15H2,1-2H3. The van der Waals surface area contributed by atoms with Crippen LogP contribution in [0.5, 0.6) is 0 Å². The molecule has 1 atom stereocenters. The molecule has 0 aliphatic carbocycles. The van der Waals surface area contributed by atoms with Gasteiger partial charge in [-0.25, -0.2) is 4.68 Å². The Morgan fingerprint density at radius 3 is 2.31 bits per heavy atom. The first-order chi connectivity index (χ1) is 14.1. The highest BCUT2D eigenvalue weighted by Gasteiger charge is 2.36. The first-order valence-corrected chi connectivity index (χ1v) is 9.79. The number of carbonyl (C=O) groups excluding carboxylic acids is 2. The van der Waals surface area contributed by atoms with Crippen LogP contribution < -0.4 is 0 Å². The van der Waals surface area contributed by atoms with Crippen molar-refractivity contribution in [3.63, 3.8) is 0 Å². The molecule has 1 aliphatic heterocycles. The summed E-state index contributed by atoms with van der Waals surface area (Å²) >= 11 is 0. The number of likely N-dealkylation sites (tertiary alicyclic amines) is 1. The van der Waals surface area contributed by atoms with Crippen molar-refractivity contribution < 1.29 is 9.59 Å². The number of para-hydroxylation sites is 1. The lowest BCUT2D eigenvalue weighted by atomic mass is 10.1. The molecule has 1 aromatic heterocycles. The summed E-state index contributed by atoms with van der Waals surface area (Å²) in [5, 5.41) is 4.72. The summed E-state index contributed by atoms with van der Waals surface area (Å²) in [6.07, 6.45) is 1.51. The highest BCUT2D eigenvalue weighted by Crippen LogP contribution is 2.26. The zero-order valence-electron chi connectivity index (χ0n) is 16.7. The number of rotatable bonds is 4. The van der Waals surface area contributed by atoms with Gasteiger partial charge in [-0.15, -0.1) is 0 Å². The van der Waals surface area contributed by atoms with Gasteiger partial charge in [0.2, 0.25) is 5.91 Å².